The number of hydrogen-bond donors (Lipinski definition) is 0. The number of esters is 1. The number of carbonyl (C=O) groups is 1. The van der Waals surface area contributed by atoms with Crippen LogP contribution in [0, 0.1) is 5.92 Å². The highest BCUT2D eigenvalue weighted by atomic mass is 16.6. The van der Waals surface area contributed by atoms with Crippen molar-refractivity contribution in [1.82, 2.24) is 4.98 Å². The lowest BCUT2D eigenvalue weighted by Crippen LogP contribution is -2.44. The van der Waals surface area contributed by atoms with E-state index in [1.807, 2.05) is 49.4 Å². The molecule has 0 aliphatic carbocycles. The van der Waals surface area contributed by atoms with Gasteiger partial charge in [-0.2, -0.15) is 0 Å². The van der Waals surface area contributed by atoms with Gasteiger partial charge in [0.25, 0.3) is 0 Å². The molecule has 2 heterocycles. The third-order valence-electron chi connectivity index (χ3n) is 4.52. The molecule has 0 spiro atoms. The van der Waals surface area contributed by atoms with Crippen molar-refractivity contribution in [2.75, 3.05) is 24.6 Å². The normalized spacial score (nSPS) is 16.3. The van der Waals surface area contributed by atoms with E-state index in [4.69, 9.17) is 9.47 Å². The van der Waals surface area contributed by atoms with E-state index in [0.717, 1.165) is 25.9 Å². The van der Waals surface area contributed by atoms with Gasteiger partial charge in [0, 0.05) is 37.1 Å². The summed E-state index contributed by atoms with van der Waals surface area (Å²) < 4.78 is 11.3. The highest BCUT2D eigenvalue weighted by Gasteiger charge is 2.34. The van der Waals surface area contributed by atoms with Gasteiger partial charge >= 0.3 is 5.97 Å². The summed E-state index contributed by atoms with van der Waals surface area (Å²) in [7, 11) is 0. The van der Waals surface area contributed by atoms with Gasteiger partial charge in [0.05, 0.1) is 6.61 Å². The molecule has 1 aliphatic rings. The first-order valence-electron chi connectivity index (χ1n) is 8.81. The smallest absolute Gasteiger partial charge is 0.347 e. The van der Waals surface area contributed by atoms with Crippen LogP contribution in [0.5, 0.6) is 5.75 Å². The SMILES string of the molecule is CCOC(=O)C(Oc1ccccc1)C1CCN(c2ccncc2)CC1. The maximum Gasteiger partial charge on any atom is 0.347 e. The van der Waals surface area contributed by atoms with E-state index in [0.29, 0.717) is 12.4 Å². The van der Waals surface area contributed by atoms with Crippen LogP contribution in [0.25, 0.3) is 0 Å². The molecule has 5 heteroatoms. The summed E-state index contributed by atoms with van der Waals surface area (Å²) in [4.78, 5) is 18.8. The van der Waals surface area contributed by atoms with Gasteiger partial charge < -0.3 is 14.4 Å². The molecule has 0 N–H and O–H groups in total. The topological polar surface area (TPSA) is 51.7 Å². The Hall–Kier alpha value is -2.56. The molecule has 0 radical (unpaired) electrons. The van der Waals surface area contributed by atoms with Crippen LogP contribution in [-0.2, 0) is 9.53 Å². The number of rotatable bonds is 6. The summed E-state index contributed by atoms with van der Waals surface area (Å²) in [6, 6.07) is 13.5. The molecule has 1 saturated heterocycles. The maximum absolute atomic E-state index is 12.4. The summed E-state index contributed by atoms with van der Waals surface area (Å²) >= 11 is 0. The number of nitrogens with zero attached hydrogens (tertiary/aromatic N) is 2. The van der Waals surface area contributed by atoms with Gasteiger partial charge in [-0.05, 0) is 44.0 Å². The average molecular weight is 340 g/mol. The average Bonchev–Trinajstić information content (AvgIpc) is 2.68. The van der Waals surface area contributed by atoms with Crippen LogP contribution in [0.2, 0.25) is 0 Å². The molecule has 1 aliphatic heterocycles. The molecule has 1 atom stereocenters. The largest absolute Gasteiger partial charge is 0.478 e. The fraction of sp³-hybridized carbons (Fsp3) is 0.400. The van der Waals surface area contributed by atoms with Gasteiger partial charge in [0.1, 0.15) is 5.75 Å². The standard InChI is InChI=1S/C20H24N2O3/c1-2-24-20(23)19(25-18-6-4-3-5-7-18)16-10-14-22(15-11-16)17-8-12-21-13-9-17/h3-9,12-13,16,19H,2,10-11,14-15H2,1H3. The molecule has 1 unspecified atom stereocenters. The lowest BCUT2D eigenvalue weighted by Gasteiger charge is -2.36. The first kappa shape index (κ1) is 17.3. The van der Waals surface area contributed by atoms with Crippen molar-refractivity contribution in [1.29, 1.82) is 0 Å². The molecule has 3 rings (SSSR count). The Morgan fingerprint density at radius 2 is 1.84 bits per heavy atom. The molecule has 1 aromatic heterocycles. The first-order valence-corrected chi connectivity index (χ1v) is 8.81. The van der Waals surface area contributed by atoms with Crippen molar-refractivity contribution in [2.24, 2.45) is 5.92 Å². The van der Waals surface area contributed by atoms with Crippen molar-refractivity contribution in [3.8, 4) is 5.75 Å². The summed E-state index contributed by atoms with van der Waals surface area (Å²) in [6.07, 6.45) is 4.84. The molecular formula is C20H24N2O3. The van der Waals surface area contributed by atoms with Crippen LogP contribution < -0.4 is 9.64 Å². The molecule has 1 fully saturated rings. The Morgan fingerprint density at radius 1 is 1.16 bits per heavy atom. The molecule has 5 nitrogen and oxygen atoms in total. The Balaban J connectivity index is 1.66. The molecule has 2 aromatic rings. The second-order valence-corrected chi connectivity index (χ2v) is 6.13. The number of piperidine rings is 1. The Bertz CT molecular complexity index is 655. The zero-order chi connectivity index (χ0) is 17.5. The highest BCUT2D eigenvalue weighted by Crippen LogP contribution is 2.28. The van der Waals surface area contributed by atoms with Crippen LogP contribution in [0.3, 0.4) is 0 Å². The first-order chi connectivity index (χ1) is 12.3. The van der Waals surface area contributed by atoms with E-state index >= 15 is 0 Å². The fourth-order valence-corrected chi connectivity index (χ4v) is 3.22. The zero-order valence-corrected chi connectivity index (χ0v) is 14.5. The van der Waals surface area contributed by atoms with E-state index in [1.54, 1.807) is 12.4 Å². The third kappa shape index (κ3) is 4.50. The quantitative estimate of drug-likeness (QED) is 0.755. The number of aromatic nitrogens is 1. The Kier molecular flexibility index (Phi) is 5.88. The summed E-state index contributed by atoms with van der Waals surface area (Å²) in [5.41, 5.74) is 1.17. The molecule has 0 bridgehead atoms. The molecule has 25 heavy (non-hydrogen) atoms. The van der Waals surface area contributed by atoms with Gasteiger partial charge in [-0.3, -0.25) is 4.98 Å². The van der Waals surface area contributed by atoms with E-state index in [-0.39, 0.29) is 11.9 Å². The van der Waals surface area contributed by atoms with Crippen molar-refractivity contribution >= 4 is 11.7 Å². The minimum Gasteiger partial charge on any atom is -0.478 e. The maximum atomic E-state index is 12.4. The number of anilines is 1. The molecular weight excluding hydrogens is 316 g/mol. The van der Waals surface area contributed by atoms with Crippen molar-refractivity contribution in [2.45, 2.75) is 25.9 Å². The van der Waals surface area contributed by atoms with E-state index in [2.05, 4.69) is 9.88 Å². The van der Waals surface area contributed by atoms with Gasteiger partial charge in [0.2, 0.25) is 0 Å². The van der Waals surface area contributed by atoms with Crippen LogP contribution in [0.1, 0.15) is 19.8 Å². The highest BCUT2D eigenvalue weighted by molar-refractivity contribution is 5.75. The lowest BCUT2D eigenvalue weighted by molar-refractivity contribution is -0.154. The monoisotopic (exact) mass is 340 g/mol. The fourth-order valence-electron chi connectivity index (χ4n) is 3.22. The van der Waals surface area contributed by atoms with Gasteiger partial charge in [-0.15, -0.1) is 0 Å². The third-order valence-corrected chi connectivity index (χ3v) is 4.52. The number of benzene rings is 1. The second-order valence-electron chi connectivity index (χ2n) is 6.13. The summed E-state index contributed by atoms with van der Waals surface area (Å²) in [5, 5.41) is 0. The van der Waals surface area contributed by atoms with Crippen LogP contribution in [0.15, 0.2) is 54.9 Å². The van der Waals surface area contributed by atoms with Crippen molar-refractivity contribution in [3.63, 3.8) is 0 Å². The number of hydrogen-bond acceptors (Lipinski definition) is 5. The number of pyridine rings is 1. The number of carbonyl (C=O) groups excluding carboxylic acids is 1. The minimum atomic E-state index is -0.554. The predicted molar refractivity (Wildman–Crippen MR) is 96.7 cm³/mol. The van der Waals surface area contributed by atoms with Crippen molar-refractivity contribution in [3.05, 3.63) is 54.9 Å². The number of ether oxygens (including phenoxy) is 2. The van der Waals surface area contributed by atoms with E-state index in [9.17, 15) is 4.79 Å². The molecule has 0 amide bonds. The van der Waals surface area contributed by atoms with Gasteiger partial charge in [-0.1, -0.05) is 18.2 Å². The van der Waals surface area contributed by atoms with Gasteiger partial charge in [0.15, 0.2) is 6.10 Å². The van der Waals surface area contributed by atoms with Crippen LogP contribution in [0.4, 0.5) is 5.69 Å². The predicted octanol–water partition coefficient (Wildman–Crippen LogP) is 3.31. The zero-order valence-electron chi connectivity index (χ0n) is 14.5. The molecule has 1 aromatic carbocycles. The van der Waals surface area contributed by atoms with Crippen LogP contribution in [-0.4, -0.2) is 36.8 Å². The van der Waals surface area contributed by atoms with E-state index in [1.165, 1.54) is 5.69 Å². The summed E-state index contributed by atoms with van der Waals surface area (Å²) in [6.45, 7) is 3.97. The van der Waals surface area contributed by atoms with Crippen molar-refractivity contribution < 1.29 is 14.3 Å². The van der Waals surface area contributed by atoms with E-state index < -0.39 is 6.10 Å². The second kappa shape index (κ2) is 8.51. The van der Waals surface area contributed by atoms with Crippen LogP contribution >= 0.6 is 0 Å². The molecule has 132 valence electrons. The Morgan fingerprint density at radius 3 is 2.48 bits per heavy atom. The number of para-hydroxylation sites is 1. The lowest BCUT2D eigenvalue weighted by atomic mass is 9.90. The summed E-state index contributed by atoms with van der Waals surface area (Å²) in [5.74, 6) is 0.586. The molecule has 0 saturated carbocycles. The Labute approximate surface area is 148 Å². The minimum absolute atomic E-state index is 0.150. The van der Waals surface area contributed by atoms with Gasteiger partial charge in [-0.25, -0.2) is 4.79 Å².